The molecule has 68 valence electrons. The van der Waals surface area contributed by atoms with Gasteiger partial charge in [0.2, 0.25) is 5.71 Å². The highest BCUT2D eigenvalue weighted by molar-refractivity contribution is 6.29. The van der Waals surface area contributed by atoms with Crippen molar-refractivity contribution in [1.82, 2.24) is 9.97 Å². The van der Waals surface area contributed by atoms with Crippen LogP contribution in [0.25, 0.3) is 22.2 Å². The molecule has 0 spiro atoms. The molecule has 0 aliphatic heterocycles. The van der Waals surface area contributed by atoms with Crippen molar-refractivity contribution in [2.75, 3.05) is 0 Å². The van der Waals surface area contributed by atoms with E-state index in [0.29, 0.717) is 10.9 Å². The van der Waals surface area contributed by atoms with Crippen LogP contribution in [-0.4, -0.2) is 9.97 Å². The van der Waals surface area contributed by atoms with Gasteiger partial charge in [0, 0.05) is 5.39 Å². The number of halogens is 1. The summed E-state index contributed by atoms with van der Waals surface area (Å²) in [7, 11) is 0. The van der Waals surface area contributed by atoms with Gasteiger partial charge in [-0.25, -0.2) is 4.98 Å². The van der Waals surface area contributed by atoms with Crippen LogP contribution < -0.4 is 0 Å². The van der Waals surface area contributed by atoms with Crippen molar-refractivity contribution in [3.05, 3.63) is 35.6 Å². The Balaban J connectivity index is 2.57. The van der Waals surface area contributed by atoms with Crippen LogP contribution in [0.2, 0.25) is 5.15 Å². The van der Waals surface area contributed by atoms with E-state index >= 15 is 0 Å². The van der Waals surface area contributed by atoms with Gasteiger partial charge in [-0.1, -0.05) is 23.7 Å². The maximum atomic E-state index is 5.71. The van der Waals surface area contributed by atoms with Gasteiger partial charge in [-0.05, 0) is 12.1 Å². The van der Waals surface area contributed by atoms with E-state index in [2.05, 4.69) is 9.97 Å². The molecule has 1 aromatic carbocycles. The summed E-state index contributed by atoms with van der Waals surface area (Å²) in [6, 6.07) is 7.68. The van der Waals surface area contributed by atoms with Gasteiger partial charge in [-0.2, -0.15) is 4.98 Å². The second-order valence-electron chi connectivity index (χ2n) is 2.94. The van der Waals surface area contributed by atoms with Crippen molar-refractivity contribution < 1.29 is 4.42 Å². The van der Waals surface area contributed by atoms with E-state index in [-0.39, 0.29) is 0 Å². The molecule has 0 aliphatic carbocycles. The predicted octanol–water partition coefficient (Wildman–Crippen LogP) is 3.03. The molecular formula is C10H5ClN2O. The van der Waals surface area contributed by atoms with Gasteiger partial charge >= 0.3 is 0 Å². The lowest BCUT2D eigenvalue weighted by molar-refractivity contribution is 0.653. The van der Waals surface area contributed by atoms with Crippen LogP contribution in [0.3, 0.4) is 0 Å². The Bertz CT molecular complexity index is 618. The Morgan fingerprint density at radius 1 is 1.21 bits per heavy atom. The first-order valence-electron chi connectivity index (χ1n) is 4.14. The average Bonchev–Trinajstić information content (AvgIpc) is 2.54. The zero-order valence-corrected chi connectivity index (χ0v) is 7.82. The fourth-order valence-corrected chi connectivity index (χ4v) is 1.59. The lowest BCUT2D eigenvalue weighted by Crippen LogP contribution is -1.78. The third-order valence-electron chi connectivity index (χ3n) is 2.06. The van der Waals surface area contributed by atoms with Crippen molar-refractivity contribution in [1.29, 1.82) is 0 Å². The van der Waals surface area contributed by atoms with Crippen molar-refractivity contribution in [3.63, 3.8) is 0 Å². The van der Waals surface area contributed by atoms with E-state index in [0.717, 1.165) is 16.5 Å². The fourth-order valence-electron chi connectivity index (χ4n) is 1.46. The molecule has 3 rings (SSSR count). The first-order chi connectivity index (χ1) is 6.84. The van der Waals surface area contributed by atoms with Crippen LogP contribution in [0.4, 0.5) is 0 Å². The summed E-state index contributed by atoms with van der Waals surface area (Å²) in [5.74, 6) is 0. The third-order valence-corrected chi connectivity index (χ3v) is 2.24. The maximum absolute atomic E-state index is 5.71. The number of fused-ring (bicyclic) bond motifs is 3. The highest BCUT2D eigenvalue weighted by atomic mass is 35.5. The Hall–Kier alpha value is -1.61. The van der Waals surface area contributed by atoms with Gasteiger partial charge < -0.3 is 4.42 Å². The van der Waals surface area contributed by atoms with Crippen LogP contribution in [-0.2, 0) is 0 Å². The molecule has 0 saturated carbocycles. The normalized spacial score (nSPS) is 11.2. The Morgan fingerprint density at radius 2 is 2.07 bits per heavy atom. The van der Waals surface area contributed by atoms with Crippen LogP contribution in [0, 0.1) is 0 Å². The number of benzene rings is 1. The molecule has 0 atom stereocenters. The molecule has 0 unspecified atom stereocenters. The molecule has 3 aromatic rings. The number of nitrogens with zero attached hydrogens (tertiary/aromatic N) is 2. The third kappa shape index (κ3) is 0.992. The SMILES string of the molecule is Clc1cnc2c(n1)oc1ccccc12. The molecule has 0 N–H and O–H groups in total. The van der Waals surface area contributed by atoms with E-state index in [1.807, 2.05) is 24.3 Å². The molecule has 0 aliphatic rings. The number of para-hydroxylation sites is 1. The summed E-state index contributed by atoms with van der Waals surface area (Å²) in [4.78, 5) is 8.23. The minimum absolute atomic E-state index is 0.344. The molecule has 0 saturated heterocycles. The van der Waals surface area contributed by atoms with Gasteiger partial charge in [-0.3, -0.25) is 0 Å². The summed E-state index contributed by atoms with van der Waals surface area (Å²) in [6.07, 6.45) is 1.52. The smallest absolute Gasteiger partial charge is 0.247 e. The van der Waals surface area contributed by atoms with Crippen LogP contribution >= 0.6 is 11.6 Å². The predicted molar refractivity (Wildman–Crippen MR) is 54.3 cm³/mol. The first kappa shape index (κ1) is 7.76. The molecule has 0 radical (unpaired) electrons. The summed E-state index contributed by atoms with van der Waals surface area (Å²) < 4.78 is 5.48. The standard InChI is InChI=1S/C10H5ClN2O/c11-8-5-12-9-6-3-1-2-4-7(6)14-10(9)13-8/h1-5H. The van der Waals surface area contributed by atoms with Gasteiger partial charge in [0.1, 0.15) is 11.1 Å². The van der Waals surface area contributed by atoms with Gasteiger partial charge in [0.05, 0.1) is 6.20 Å². The number of hydrogen-bond donors (Lipinski definition) is 0. The molecular weight excluding hydrogens is 200 g/mol. The quantitative estimate of drug-likeness (QED) is 0.565. The summed E-state index contributed by atoms with van der Waals surface area (Å²) in [5.41, 5.74) is 2.02. The van der Waals surface area contributed by atoms with Crippen molar-refractivity contribution in [2.24, 2.45) is 0 Å². The Morgan fingerprint density at radius 3 is 3.00 bits per heavy atom. The van der Waals surface area contributed by atoms with Gasteiger partial charge in [0.15, 0.2) is 5.15 Å². The fraction of sp³-hybridized carbons (Fsp3) is 0. The van der Waals surface area contributed by atoms with E-state index < -0.39 is 0 Å². The molecule has 0 bridgehead atoms. The molecule has 0 amide bonds. The maximum Gasteiger partial charge on any atom is 0.247 e. The minimum atomic E-state index is 0.344. The Labute approximate surface area is 84.3 Å². The van der Waals surface area contributed by atoms with E-state index in [1.54, 1.807) is 0 Å². The van der Waals surface area contributed by atoms with Gasteiger partial charge in [0.25, 0.3) is 0 Å². The summed E-state index contributed by atoms with van der Waals surface area (Å²) in [5, 5.41) is 1.31. The van der Waals surface area contributed by atoms with Crippen LogP contribution in [0.15, 0.2) is 34.9 Å². The first-order valence-corrected chi connectivity index (χ1v) is 4.52. The molecule has 2 aromatic heterocycles. The minimum Gasteiger partial charge on any atom is -0.436 e. The monoisotopic (exact) mass is 204 g/mol. The number of rotatable bonds is 0. The Kier molecular flexibility index (Phi) is 1.49. The van der Waals surface area contributed by atoms with E-state index in [9.17, 15) is 0 Å². The largest absolute Gasteiger partial charge is 0.436 e. The average molecular weight is 205 g/mol. The van der Waals surface area contributed by atoms with Gasteiger partial charge in [-0.15, -0.1) is 0 Å². The molecule has 2 heterocycles. The zero-order chi connectivity index (χ0) is 9.54. The molecule has 0 fully saturated rings. The van der Waals surface area contributed by atoms with Crippen molar-refractivity contribution in [3.8, 4) is 0 Å². The number of aromatic nitrogens is 2. The second kappa shape index (κ2) is 2.69. The highest BCUT2D eigenvalue weighted by Gasteiger charge is 2.08. The lowest BCUT2D eigenvalue weighted by atomic mass is 10.2. The van der Waals surface area contributed by atoms with Crippen molar-refractivity contribution >= 4 is 33.8 Å². The number of furan rings is 1. The summed E-state index contributed by atoms with van der Waals surface area (Å²) >= 11 is 5.71. The number of hydrogen-bond acceptors (Lipinski definition) is 3. The molecule has 14 heavy (non-hydrogen) atoms. The second-order valence-corrected chi connectivity index (χ2v) is 3.33. The van der Waals surface area contributed by atoms with Crippen molar-refractivity contribution in [2.45, 2.75) is 0 Å². The summed E-state index contributed by atoms with van der Waals surface area (Å²) in [6.45, 7) is 0. The topological polar surface area (TPSA) is 38.9 Å². The van der Waals surface area contributed by atoms with Crippen LogP contribution in [0.5, 0.6) is 0 Å². The highest BCUT2D eigenvalue weighted by Crippen LogP contribution is 2.25. The lowest BCUT2D eigenvalue weighted by Gasteiger charge is -1.87. The van der Waals surface area contributed by atoms with Crippen LogP contribution in [0.1, 0.15) is 0 Å². The molecule has 3 nitrogen and oxygen atoms in total. The van der Waals surface area contributed by atoms with E-state index in [1.165, 1.54) is 6.20 Å². The zero-order valence-electron chi connectivity index (χ0n) is 7.07. The van der Waals surface area contributed by atoms with E-state index in [4.69, 9.17) is 16.0 Å². The molecule has 4 heteroatoms.